The topological polar surface area (TPSA) is 69.4 Å². The Morgan fingerprint density at radius 1 is 1.00 bits per heavy atom. The molecule has 5 nitrogen and oxygen atoms in total. The van der Waals surface area contributed by atoms with Crippen LogP contribution in [0.2, 0.25) is 0 Å². The van der Waals surface area contributed by atoms with Crippen molar-refractivity contribution in [3.63, 3.8) is 0 Å². The van der Waals surface area contributed by atoms with E-state index in [2.05, 4.69) is 10.3 Å². The third-order valence-corrected chi connectivity index (χ3v) is 2.61. The lowest BCUT2D eigenvalue weighted by Crippen LogP contribution is -2.02. The maximum absolute atomic E-state index is 5.79. The molecule has 0 bridgehead atoms. The number of hydrogen-bond donors (Lipinski definition) is 2. The maximum atomic E-state index is 5.79. The number of rotatable bonds is 6. The smallest absolute Gasteiger partial charge is 0.239 e. The van der Waals surface area contributed by atoms with Crippen LogP contribution in [0.5, 0.6) is 11.6 Å². The van der Waals surface area contributed by atoms with Gasteiger partial charge in [0.2, 0.25) is 5.88 Å². The van der Waals surface area contributed by atoms with E-state index in [9.17, 15) is 0 Å². The Morgan fingerprint density at radius 3 is 2.35 bits per heavy atom. The fourth-order valence-electron chi connectivity index (χ4n) is 1.72. The summed E-state index contributed by atoms with van der Waals surface area (Å²) in [5.74, 6) is 1.98. The van der Waals surface area contributed by atoms with Crippen LogP contribution in [0.1, 0.15) is 13.8 Å². The molecule has 2 aromatic rings. The third kappa shape index (κ3) is 3.54. The summed E-state index contributed by atoms with van der Waals surface area (Å²) in [4.78, 5) is 4.33. The van der Waals surface area contributed by atoms with Crippen LogP contribution >= 0.6 is 0 Å². The first-order valence-corrected chi connectivity index (χ1v) is 6.62. The SMILES string of the molecule is CCOc1ccc(Nc2ccc(N)c(OCC)n2)cc1. The summed E-state index contributed by atoms with van der Waals surface area (Å²) in [5.41, 5.74) is 7.25. The van der Waals surface area contributed by atoms with Crippen molar-refractivity contribution in [3.8, 4) is 11.6 Å². The molecule has 0 aliphatic heterocycles. The van der Waals surface area contributed by atoms with Gasteiger partial charge in [-0.2, -0.15) is 4.98 Å². The summed E-state index contributed by atoms with van der Waals surface area (Å²) in [6, 6.07) is 11.3. The van der Waals surface area contributed by atoms with Gasteiger partial charge >= 0.3 is 0 Å². The normalized spacial score (nSPS) is 10.1. The number of pyridine rings is 1. The first-order valence-electron chi connectivity index (χ1n) is 6.62. The number of aromatic nitrogens is 1. The van der Waals surface area contributed by atoms with E-state index in [0.29, 0.717) is 30.6 Å². The standard InChI is InChI=1S/C15H19N3O2/c1-3-19-12-7-5-11(6-8-12)17-14-10-9-13(16)15(18-14)20-4-2/h5-10H,3-4,16H2,1-2H3,(H,17,18). The zero-order valence-corrected chi connectivity index (χ0v) is 11.7. The fraction of sp³-hybridized carbons (Fsp3) is 0.267. The molecule has 0 saturated heterocycles. The summed E-state index contributed by atoms with van der Waals surface area (Å²) in [6.07, 6.45) is 0. The lowest BCUT2D eigenvalue weighted by molar-refractivity contribution is 0.329. The number of nitrogens with one attached hydrogen (secondary N) is 1. The van der Waals surface area contributed by atoms with Crippen molar-refractivity contribution in [2.75, 3.05) is 24.3 Å². The largest absolute Gasteiger partial charge is 0.494 e. The third-order valence-electron chi connectivity index (χ3n) is 2.61. The molecule has 2 rings (SSSR count). The Kier molecular flexibility index (Phi) is 4.65. The molecule has 0 amide bonds. The van der Waals surface area contributed by atoms with E-state index >= 15 is 0 Å². The second-order valence-electron chi connectivity index (χ2n) is 4.11. The minimum absolute atomic E-state index is 0.448. The summed E-state index contributed by atoms with van der Waals surface area (Å²) in [6.45, 7) is 5.04. The molecular weight excluding hydrogens is 254 g/mol. The molecule has 0 radical (unpaired) electrons. The van der Waals surface area contributed by atoms with Crippen LogP contribution < -0.4 is 20.5 Å². The Balaban J connectivity index is 2.11. The zero-order valence-electron chi connectivity index (χ0n) is 11.7. The Labute approximate surface area is 118 Å². The summed E-state index contributed by atoms with van der Waals surface area (Å²) < 4.78 is 10.8. The fourth-order valence-corrected chi connectivity index (χ4v) is 1.72. The van der Waals surface area contributed by atoms with Gasteiger partial charge in [0, 0.05) is 5.69 Å². The average molecular weight is 273 g/mol. The maximum Gasteiger partial charge on any atom is 0.239 e. The highest BCUT2D eigenvalue weighted by Gasteiger charge is 2.04. The minimum Gasteiger partial charge on any atom is -0.494 e. The quantitative estimate of drug-likeness (QED) is 0.845. The second-order valence-corrected chi connectivity index (χ2v) is 4.11. The van der Waals surface area contributed by atoms with Crippen molar-refractivity contribution in [2.24, 2.45) is 0 Å². The predicted octanol–water partition coefficient (Wildman–Crippen LogP) is 3.20. The van der Waals surface area contributed by atoms with Crippen LogP contribution in [-0.4, -0.2) is 18.2 Å². The van der Waals surface area contributed by atoms with Gasteiger partial charge in [-0.1, -0.05) is 0 Å². The number of ether oxygens (including phenoxy) is 2. The molecule has 0 saturated carbocycles. The van der Waals surface area contributed by atoms with Gasteiger partial charge in [0.25, 0.3) is 0 Å². The van der Waals surface area contributed by atoms with E-state index in [1.54, 1.807) is 6.07 Å². The highest BCUT2D eigenvalue weighted by atomic mass is 16.5. The number of hydrogen-bond acceptors (Lipinski definition) is 5. The van der Waals surface area contributed by atoms with Crippen molar-refractivity contribution in [3.05, 3.63) is 36.4 Å². The molecule has 0 spiro atoms. The van der Waals surface area contributed by atoms with Crippen molar-refractivity contribution in [2.45, 2.75) is 13.8 Å². The van der Waals surface area contributed by atoms with E-state index in [1.807, 2.05) is 44.2 Å². The van der Waals surface area contributed by atoms with Crippen molar-refractivity contribution in [1.82, 2.24) is 4.98 Å². The first-order chi connectivity index (χ1) is 9.72. The lowest BCUT2D eigenvalue weighted by atomic mass is 10.3. The molecule has 0 aliphatic rings. The van der Waals surface area contributed by atoms with E-state index < -0.39 is 0 Å². The molecule has 0 unspecified atom stereocenters. The van der Waals surface area contributed by atoms with Crippen LogP contribution in [0.3, 0.4) is 0 Å². The molecule has 3 N–H and O–H groups in total. The number of nitrogens with zero attached hydrogens (tertiary/aromatic N) is 1. The van der Waals surface area contributed by atoms with Crippen LogP contribution in [-0.2, 0) is 0 Å². The lowest BCUT2D eigenvalue weighted by Gasteiger charge is -2.10. The number of nitrogens with two attached hydrogens (primary N) is 1. The van der Waals surface area contributed by atoms with Crippen LogP contribution in [0.25, 0.3) is 0 Å². The van der Waals surface area contributed by atoms with E-state index in [4.69, 9.17) is 15.2 Å². The van der Waals surface area contributed by atoms with Gasteiger partial charge in [-0.05, 0) is 50.2 Å². The van der Waals surface area contributed by atoms with Gasteiger partial charge in [-0.3, -0.25) is 0 Å². The summed E-state index contributed by atoms with van der Waals surface area (Å²) >= 11 is 0. The van der Waals surface area contributed by atoms with Crippen LogP contribution in [0.15, 0.2) is 36.4 Å². The van der Waals surface area contributed by atoms with Crippen molar-refractivity contribution in [1.29, 1.82) is 0 Å². The molecule has 106 valence electrons. The van der Waals surface area contributed by atoms with E-state index in [1.165, 1.54) is 0 Å². The van der Waals surface area contributed by atoms with Gasteiger partial charge in [0.05, 0.1) is 18.9 Å². The highest BCUT2D eigenvalue weighted by Crippen LogP contribution is 2.24. The summed E-state index contributed by atoms with van der Waals surface area (Å²) in [5, 5.41) is 3.20. The number of benzene rings is 1. The highest BCUT2D eigenvalue weighted by molar-refractivity contribution is 5.61. The predicted molar refractivity (Wildman–Crippen MR) is 80.7 cm³/mol. The summed E-state index contributed by atoms with van der Waals surface area (Å²) in [7, 11) is 0. The number of nitrogen functional groups attached to an aromatic ring is 1. The van der Waals surface area contributed by atoms with Gasteiger partial charge < -0.3 is 20.5 Å². The first kappa shape index (κ1) is 14.0. The minimum atomic E-state index is 0.448. The molecular formula is C15H19N3O2. The monoisotopic (exact) mass is 273 g/mol. The zero-order chi connectivity index (χ0) is 14.4. The molecule has 20 heavy (non-hydrogen) atoms. The Hall–Kier alpha value is -2.43. The van der Waals surface area contributed by atoms with Crippen LogP contribution in [0.4, 0.5) is 17.2 Å². The molecule has 0 atom stereocenters. The molecule has 5 heteroatoms. The molecule has 1 heterocycles. The van der Waals surface area contributed by atoms with Gasteiger partial charge in [-0.15, -0.1) is 0 Å². The van der Waals surface area contributed by atoms with E-state index in [-0.39, 0.29) is 0 Å². The van der Waals surface area contributed by atoms with Gasteiger partial charge in [0.15, 0.2) is 0 Å². The average Bonchev–Trinajstić information content (AvgIpc) is 2.45. The van der Waals surface area contributed by atoms with Crippen molar-refractivity contribution < 1.29 is 9.47 Å². The van der Waals surface area contributed by atoms with Gasteiger partial charge in [-0.25, -0.2) is 0 Å². The Morgan fingerprint density at radius 2 is 1.70 bits per heavy atom. The van der Waals surface area contributed by atoms with Gasteiger partial charge in [0.1, 0.15) is 11.6 Å². The molecule has 0 fully saturated rings. The van der Waals surface area contributed by atoms with E-state index in [0.717, 1.165) is 11.4 Å². The number of anilines is 3. The molecule has 1 aromatic heterocycles. The molecule has 0 aliphatic carbocycles. The van der Waals surface area contributed by atoms with Crippen LogP contribution in [0, 0.1) is 0 Å². The Bertz CT molecular complexity index is 556. The van der Waals surface area contributed by atoms with Crippen molar-refractivity contribution >= 4 is 17.2 Å². The second kappa shape index (κ2) is 6.65. The molecule has 1 aromatic carbocycles.